The quantitative estimate of drug-likeness (QED) is 0.635. The molecule has 9 heteroatoms. The van der Waals surface area contributed by atoms with Crippen LogP contribution in [0.15, 0.2) is 29.2 Å². The fourth-order valence-corrected chi connectivity index (χ4v) is 3.91. The Hall–Kier alpha value is -1.48. The number of sulfonamides is 1. The number of nitrogens with zero attached hydrogens (tertiary/aromatic N) is 1. The Balaban J connectivity index is 0.00000338. The fourth-order valence-electron chi connectivity index (χ4n) is 2.70. The summed E-state index contributed by atoms with van der Waals surface area (Å²) in [6.07, 6.45) is 1.67. The van der Waals surface area contributed by atoms with Crippen molar-refractivity contribution in [1.82, 2.24) is 14.9 Å². The largest absolute Gasteiger partial charge is 0.352 e. The number of benzene rings is 1. The molecule has 1 atom stereocenters. The van der Waals surface area contributed by atoms with Crippen molar-refractivity contribution < 1.29 is 18.0 Å². The lowest BCUT2D eigenvalue weighted by Gasteiger charge is -2.17. The predicted octanol–water partition coefficient (Wildman–Crippen LogP) is 1.19. The van der Waals surface area contributed by atoms with Crippen molar-refractivity contribution in [3.05, 3.63) is 29.8 Å². The van der Waals surface area contributed by atoms with Crippen molar-refractivity contribution in [2.45, 2.75) is 37.1 Å². The summed E-state index contributed by atoms with van der Waals surface area (Å²) in [7, 11) is -2.13. The summed E-state index contributed by atoms with van der Waals surface area (Å²) in [5, 5.41) is 6.12. The predicted molar refractivity (Wildman–Crippen MR) is 102 cm³/mol. The minimum absolute atomic E-state index is 0. The molecule has 1 heterocycles. The molecule has 0 radical (unpaired) electrons. The highest BCUT2D eigenvalue weighted by Crippen LogP contribution is 2.16. The van der Waals surface area contributed by atoms with E-state index >= 15 is 0 Å². The molecular formula is C17H26ClN3O4S. The van der Waals surface area contributed by atoms with Gasteiger partial charge >= 0.3 is 0 Å². The van der Waals surface area contributed by atoms with Gasteiger partial charge < -0.3 is 10.6 Å². The van der Waals surface area contributed by atoms with E-state index in [-0.39, 0.29) is 41.6 Å². The van der Waals surface area contributed by atoms with Gasteiger partial charge in [0, 0.05) is 38.2 Å². The molecule has 26 heavy (non-hydrogen) atoms. The highest BCUT2D eigenvalue weighted by Gasteiger charge is 2.21. The van der Waals surface area contributed by atoms with Crippen LogP contribution in [0.1, 0.15) is 36.5 Å². The average molecular weight is 404 g/mol. The topological polar surface area (TPSA) is 95.6 Å². The number of amides is 1. The van der Waals surface area contributed by atoms with Crippen LogP contribution in [0.25, 0.3) is 0 Å². The second kappa shape index (κ2) is 10.0. The molecule has 1 fully saturated rings. The van der Waals surface area contributed by atoms with Gasteiger partial charge in [0.15, 0.2) is 5.78 Å². The second-order valence-electron chi connectivity index (χ2n) is 6.27. The van der Waals surface area contributed by atoms with Gasteiger partial charge in [0.1, 0.15) is 0 Å². The molecule has 0 spiro atoms. The molecule has 0 saturated carbocycles. The first-order valence-electron chi connectivity index (χ1n) is 8.38. The molecule has 1 aromatic rings. The van der Waals surface area contributed by atoms with Crippen LogP contribution >= 0.6 is 12.4 Å². The van der Waals surface area contributed by atoms with E-state index in [1.165, 1.54) is 42.5 Å². The smallest absolute Gasteiger partial charge is 0.242 e. The maximum absolute atomic E-state index is 12.5. The average Bonchev–Trinajstić information content (AvgIpc) is 3.07. The van der Waals surface area contributed by atoms with E-state index in [9.17, 15) is 18.0 Å². The minimum Gasteiger partial charge on any atom is -0.352 e. The summed E-state index contributed by atoms with van der Waals surface area (Å²) in [5.74, 6) is -0.161. The van der Waals surface area contributed by atoms with Crippen LogP contribution in [0.2, 0.25) is 0 Å². The first kappa shape index (κ1) is 22.6. The first-order chi connectivity index (χ1) is 11.8. The monoisotopic (exact) mass is 403 g/mol. The van der Waals surface area contributed by atoms with E-state index in [2.05, 4.69) is 10.6 Å². The number of nitrogens with one attached hydrogen (secondary N) is 2. The number of Topliss-reactive ketones (excluding diaryl/α,β-unsaturated/α-hetero) is 1. The number of rotatable bonds is 8. The highest BCUT2D eigenvalue weighted by atomic mass is 35.5. The maximum atomic E-state index is 12.5. The van der Waals surface area contributed by atoms with Gasteiger partial charge in [-0.15, -0.1) is 12.4 Å². The van der Waals surface area contributed by atoms with Crippen LogP contribution in [0.4, 0.5) is 0 Å². The SMILES string of the molecule is CC(=O)c1ccc(S(=O)(=O)N(C)CCCC(=O)NC2CCNC2)cc1.Cl. The van der Waals surface area contributed by atoms with E-state index in [1.54, 1.807) is 0 Å². The Bertz CT molecular complexity index is 716. The third-order valence-corrected chi connectivity index (χ3v) is 6.14. The zero-order valence-electron chi connectivity index (χ0n) is 15.0. The molecule has 2 rings (SSSR count). The summed E-state index contributed by atoms with van der Waals surface area (Å²) >= 11 is 0. The second-order valence-corrected chi connectivity index (χ2v) is 8.31. The van der Waals surface area contributed by atoms with Gasteiger partial charge in [-0.3, -0.25) is 9.59 Å². The Morgan fingerprint density at radius 1 is 1.27 bits per heavy atom. The molecule has 0 aliphatic carbocycles. The standard InChI is InChI=1S/C17H25N3O4S.ClH/c1-13(21)14-5-7-16(8-6-14)25(23,24)20(2)11-3-4-17(22)19-15-9-10-18-12-15;/h5-8,15,18H,3-4,9-12H2,1-2H3,(H,19,22);1H. The summed E-state index contributed by atoms with van der Waals surface area (Å²) < 4.78 is 26.2. The van der Waals surface area contributed by atoms with Crippen LogP contribution < -0.4 is 10.6 Å². The number of carbonyl (C=O) groups is 2. The molecule has 0 aromatic heterocycles. The van der Waals surface area contributed by atoms with Gasteiger partial charge in [-0.05, 0) is 38.4 Å². The Morgan fingerprint density at radius 3 is 2.46 bits per heavy atom. The summed E-state index contributed by atoms with van der Waals surface area (Å²) in [6, 6.07) is 6.05. The lowest BCUT2D eigenvalue weighted by Crippen LogP contribution is -2.36. The third kappa shape index (κ3) is 6.05. The molecular weight excluding hydrogens is 378 g/mol. The van der Waals surface area contributed by atoms with Gasteiger partial charge in [0.05, 0.1) is 4.90 Å². The highest BCUT2D eigenvalue weighted by molar-refractivity contribution is 7.89. The van der Waals surface area contributed by atoms with E-state index < -0.39 is 10.0 Å². The zero-order chi connectivity index (χ0) is 18.4. The number of ketones is 1. The summed E-state index contributed by atoms with van der Waals surface area (Å²) in [5.41, 5.74) is 0.472. The van der Waals surface area contributed by atoms with Crippen LogP contribution in [0.3, 0.4) is 0 Å². The lowest BCUT2D eigenvalue weighted by molar-refractivity contribution is -0.121. The molecule has 1 aromatic carbocycles. The van der Waals surface area contributed by atoms with E-state index in [0.717, 1.165) is 19.5 Å². The molecule has 1 unspecified atom stereocenters. The first-order valence-corrected chi connectivity index (χ1v) is 9.82. The van der Waals surface area contributed by atoms with Gasteiger partial charge in [-0.1, -0.05) is 12.1 Å². The number of carbonyl (C=O) groups excluding carboxylic acids is 2. The normalized spacial score (nSPS) is 17.0. The summed E-state index contributed by atoms with van der Waals surface area (Å²) in [4.78, 5) is 23.3. The van der Waals surface area contributed by atoms with E-state index in [4.69, 9.17) is 0 Å². The maximum Gasteiger partial charge on any atom is 0.242 e. The lowest BCUT2D eigenvalue weighted by atomic mass is 10.2. The molecule has 1 aliphatic rings. The van der Waals surface area contributed by atoms with Crippen molar-refractivity contribution in [1.29, 1.82) is 0 Å². The summed E-state index contributed by atoms with van der Waals surface area (Å²) in [6.45, 7) is 3.39. The van der Waals surface area contributed by atoms with Crippen molar-refractivity contribution in [2.24, 2.45) is 0 Å². The van der Waals surface area contributed by atoms with Crippen LogP contribution in [-0.4, -0.2) is 57.1 Å². The number of hydrogen-bond donors (Lipinski definition) is 2. The third-order valence-electron chi connectivity index (χ3n) is 4.27. The molecule has 1 saturated heterocycles. The van der Waals surface area contributed by atoms with Crippen molar-refractivity contribution in [3.8, 4) is 0 Å². The van der Waals surface area contributed by atoms with Crippen LogP contribution in [0, 0.1) is 0 Å². The van der Waals surface area contributed by atoms with Crippen LogP contribution in [0.5, 0.6) is 0 Å². The molecule has 146 valence electrons. The minimum atomic E-state index is -3.62. The van der Waals surface area contributed by atoms with Crippen molar-refractivity contribution >= 4 is 34.1 Å². The van der Waals surface area contributed by atoms with E-state index in [0.29, 0.717) is 18.4 Å². The van der Waals surface area contributed by atoms with Crippen LogP contribution in [-0.2, 0) is 14.8 Å². The van der Waals surface area contributed by atoms with Gasteiger partial charge in [0.2, 0.25) is 15.9 Å². The Morgan fingerprint density at radius 2 is 1.92 bits per heavy atom. The molecule has 1 amide bonds. The Labute approximate surface area is 161 Å². The molecule has 7 nitrogen and oxygen atoms in total. The van der Waals surface area contributed by atoms with Crippen molar-refractivity contribution in [3.63, 3.8) is 0 Å². The van der Waals surface area contributed by atoms with Gasteiger partial charge in [0.25, 0.3) is 0 Å². The Kier molecular flexibility index (Phi) is 8.69. The van der Waals surface area contributed by atoms with E-state index in [1.807, 2.05) is 0 Å². The zero-order valence-corrected chi connectivity index (χ0v) is 16.7. The van der Waals surface area contributed by atoms with Crippen molar-refractivity contribution in [2.75, 3.05) is 26.7 Å². The number of halogens is 1. The fraction of sp³-hybridized carbons (Fsp3) is 0.529. The number of hydrogen-bond acceptors (Lipinski definition) is 5. The molecule has 1 aliphatic heterocycles. The van der Waals surface area contributed by atoms with Gasteiger partial charge in [-0.2, -0.15) is 0 Å². The molecule has 0 bridgehead atoms. The van der Waals surface area contributed by atoms with Gasteiger partial charge in [-0.25, -0.2) is 12.7 Å². The molecule has 2 N–H and O–H groups in total.